The maximum atomic E-state index is 12.7. The van der Waals surface area contributed by atoms with E-state index in [2.05, 4.69) is 4.72 Å². The van der Waals surface area contributed by atoms with E-state index in [0.29, 0.717) is 22.6 Å². The van der Waals surface area contributed by atoms with E-state index in [9.17, 15) is 13.2 Å². The van der Waals surface area contributed by atoms with Crippen molar-refractivity contribution in [2.45, 2.75) is 25.7 Å². The molecular weight excluding hydrogens is 390 g/mol. The normalized spacial score (nSPS) is 11.3. The quantitative estimate of drug-likeness (QED) is 0.667. The molecule has 0 bridgehead atoms. The van der Waals surface area contributed by atoms with Gasteiger partial charge in [0.2, 0.25) is 0 Å². The molecule has 0 aliphatic heterocycles. The molecule has 1 amide bonds. The number of hydrogen-bond donors (Lipinski definition) is 1. The minimum atomic E-state index is -3.98. The van der Waals surface area contributed by atoms with Crippen LogP contribution in [0.3, 0.4) is 0 Å². The number of fused-ring (bicyclic) bond motifs is 1. The molecule has 29 heavy (non-hydrogen) atoms. The van der Waals surface area contributed by atoms with Gasteiger partial charge in [-0.15, -0.1) is 0 Å². The predicted molar refractivity (Wildman–Crippen MR) is 112 cm³/mol. The Balaban J connectivity index is 1.72. The highest BCUT2D eigenvalue weighted by molar-refractivity contribution is 7.90. The third-order valence-corrected chi connectivity index (χ3v) is 6.19. The molecule has 7 heteroatoms. The lowest BCUT2D eigenvalue weighted by Crippen LogP contribution is -2.35. The highest BCUT2D eigenvalue weighted by atomic mass is 32.2. The van der Waals surface area contributed by atoms with E-state index < -0.39 is 22.5 Å². The first-order chi connectivity index (χ1) is 13.7. The first-order valence-electron chi connectivity index (χ1n) is 9.04. The lowest BCUT2D eigenvalue weighted by Gasteiger charge is -2.13. The Hall–Kier alpha value is -3.06. The number of ether oxygens (including phenoxy) is 2. The number of aryl methyl sites for hydroxylation is 3. The van der Waals surface area contributed by atoms with Gasteiger partial charge in [-0.05, 0) is 66.9 Å². The molecule has 3 aromatic rings. The molecule has 0 radical (unpaired) electrons. The van der Waals surface area contributed by atoms with Gasteiger partial charge in [-0.25, -0.2) is 13.1 Å². The summed E-state index contributed by atoms with van der Waals surface area (Å²) in [6.45, 7) is 4.89. The molecule has 3 rings (SSSR count). The molecule has 152 valence electrons. The van der Waals surface area contributed by atoms with Gasteiger partial charge in [-0.1, -0.05) is 29.8 Å². The van der Waals surface area contributed by atoms with Gasteiger partial charge in [0.15, 0.2) is 6.61 Å². The Kier molecular flexibility index (Phi) is 5.79. The van der Waals surface area contributed by atoms with E-state index in [1.807, 2.05) is 31.2 Å². The molecular formula is C22H23NO5S. The van der Waals surface area contributed by atoms with Crippen LogP contribution < -0.4 is 14.2 Å². The summed E-state index contributed by atoms with van der Waals surface area (Å²) in [6.07, 6.45) is 0. The Morgan fingerprint density at radius 1 is 0.897 bits per heavy atom. The van der Waals surface area contributed by atoms with E-state index in [-0.39, 0.29) is 4.90 Å². The van der Waals surface area contributed by atoms with E-state index in [0.717, 1.165) is 16.3 Å². The molecule has 0 spiro atoms. The van der Waals surface area contributed by atoms with E-state index in [1.165, 1.54) is 0 Å². The molecule has 0 saturated heterocycles. The number of nitrogens with one attached hydrogen (secondary N) is 1. The minimum absolute atomic E-state index is 0.120. The number of carbonyl (C=O) groups is 1. The molecule has 0 atom stereocenters. The fourth-order valence-corrected chi connectivity index (χ4v) is 4.82. The highest BCUT2D eigenvalue weighted by Crippen LogP contribution is 2.25. The zero-order valence-electron chi connectivity index (χ0n) is 16.8. The van der Waals surface area contributed by atoms with Crippen molar-refractivity contribution in [3.8, 4) is 11.5 Å². The van der Waals surface area contributed by atoms with Gasteiger partial charge in [0.25, 0.3) is 15.9 Å². The predicted octanol–water partition coefficient (Wildman–Crippen LogP) is 3.66. The number of hydrogen-bond acceptors (Lipinski definition) is 5. The van der Waals surface area contributed by atoms with Crippen molar-refractivity contribution in [2.75, 3.05) is 13.7 Å². The Morgan fingerprint density at radius 3 is 2.10 bits per heavy atom. The van der Waals surface area contributed by atoms with Crippen LogP contribution >= 0.6 is 0 Å². The lowest BCUT2D eigenvalue weighted by atomic mass is 10.1. The highest BCUT2D eigenvalue weighted by Gasteiger charge is 2.22. The van der Waals surface area contributed by atoms with Crippen LogP contribution in [-0.4, -0.2) is 28.0 Å². The van der Waals surface area contributed by atoms with Crippen LogP contribution in [0.1, 0.15) is 16.7 Å². The number of sulfonamides is 1. The molecule has 6 nitrogen and oxygen atoms in total. The summed E-state index contributed by atoms with van der Waals surface area (Å²) in [7, 11) is -2.39. The second-order valence-corrected chi connectivity index (χ2v) is 8.54. The molecule has 0 fully saturated rings. The van der Waals surface area contributed by atoms with Crippen LogP contribution in [0.15, 0.2) is 53.4 Å². The zero-order chi connectivity index (χ0) is 21.2. The molecule has 1 N–H and O–H groups in total. The second-order valence-electron chi connectivity index (χ2n) is 6.92. The number of rotatable bonds is 6. The van der Waals surface area contributed by atoms with Crippen LogP contribution in [0.4, 0.5) is 0 Å². The summed E-state index contributed by atoms with van der Waals surface area (Å²) < 4.78 is 38.1. The van der Waals surface area contributed by atoms with Crippen molar-refractivity contribution in [3.63, 3.8) is 0 Å². The van der Waals surface area contributed by atoms with Crippen molar-refractivity contribution in [1.82, 2.24) is 4.72 Å². The monoisotopic (exact) mass is 413 g/mol. The van der Waals surface area contributed by atoms with Gasteiger partial charge in [-0.2, -0.15) is 0 Å². The van der Waals surface area contributed by atoms with Crippen LogP contribution in [0.2, 0.25) is 0 Å². The smallest absolute Gasteiger partial charge is 0.271 e. The van der Waals surface area contributed by atoms with Crippen LogP contribution in [0.25, 0.3) is 10.8 Å². The number of methoxy groups -OCH3 is 1. The molecule has 0 aromatic heterocycles. The summed E-state index contributed by atoms with van der Waals surface area (Å²) in [5, 5.41) is 1.89. The van der Waals surface area contributed by atoms with E-state index >= 15 is 0 Å². The van der Waals surface area contributed by atoms with Crippen LogP contribution in [0, 0.1) is 20.8 Å². The lowest BCUT2D eigenvalue weighted by molar-refractivity contribution is -0.121. The Labute approximate surface area is 170 Å². The molecule has 0 aliphatic carbocycles. The van der Waals surface area contributed by atoms with E-state index in [4.69, 9.17) is 9.47 Å². The summed E-state index contributed by atoms with van der Waals surface area (Å²) >= 11 is 0. The summed E-state index contributed by atoms with van der Waals surface area (Å²) in [5.74, 6) is 0.429. The average Bonchev–Trinajstić information content (AvgIpc) is 2.64. The van der Waals surface area contributed by atoms with Crippen molar-refractivity contribution >= 4 is 26.7 Å². The maximum Gasteiger partial charge on any atom is 0.271 e. The molecule has 0 unspecified atom stereocenters. The molecule has 3 aromatic carbocycles. The number of carbonyl (C=O) groups excluding carboxylic acids is 1. The minimum Gasteiger partial charge on any atom is -0.497 e. The fourth-order valence-electron chi connectivity index (χ4n) is 3.39. The van der Waals surface area contributed by atoms with Crippen molar-refractivity contribution in [3.05, 3.63) is 65.2 Å². The number of amides is 1. The van der Waals surface area contributed by atoms with Crippen molar-refractivity contribution in [1.29, 1.82) is 0 Å². The average molecular weight is 413 g/mol. The second kappa shape index (κ2) is 8.13. The zero-order valence-corrected chi connectivity index (χ0v) is 17.6. The van der Waals surface area contributed by atoms with Crippen molar-refractivity contribution in [2.24, 2.45) is 0 Å². The molecule has 0 heterocycles. The van der Waals surface area contributed by atoms with Crippen LogP contribution in [-0.2, 0) is 14.8 Å². The van der Waals surface area contributed by atoms with Gasteiger partial charge < -0.3 is 9.47 Å². The number of benzene rings is 3. The van der Waals surface area contributed by atoms with Gasteiger partial charge >= 0.3 is 0 Å². The van der Waals surface area contributed by atoms with Crippen LogP contribution in [0.5, 0.6) is 11.5 Å². The largest absolute Gasteiger partial charge is 0.497 e. The Bertz CT molecular complexity index is 1160. The van der Waals surface area contributed by atoms with Gasteiger partial charge in [0, 0.05) is 0 Å². The van der Waals surface area contributed by atoms with Gasteiger partial charge in [-0.3, -0.25) is 4.79 Å². The third kappa shape index (κ3) is 4.68. The Morgan fingerprint density at radius 2 is 1.48 bits per heavy atom. The maximum absolute atomic E-state index is 12.7. The van der Waals surface area contributed by atoms with Gasteiger partial charge in [0.1, 0.15) is 11.5 Å². The first kappa shape index (κ1) is 20.7. The summed E-state index contributed by atoms with van der Waals surface area (Å²) in [4.78, 5) is 12.3. The standard InChI is InChI=1S/C22H23NO5S/c1-14-9-15(2)22(16(3)10-14)29(25,26)23-21(24)13-28-20-8-6-17-5-7-19(27-4)11-18(17)12-20/h5-12H,13H2,1-4H3,(H,23,24). The fraction of sp³-hybridized carbons (Fsp3) is 0.227. The first-order valence-corrected chi connectivity index (χ1v) is 10.5. The summed E-state index contributed by atoms with van der Waals surface area (Å²) in [5.41, 5.74) is 2.14. The van der Waals surface area contributed by atoms with Crippen molar-refractivity contribution < 1.29 is 22.7 Å². The SMILES string of the molecule is COc1ccc2ccc(OCC(=O)NS(=O)(=O)c3c(C)cc(C)cc3C)cc2c1. The topological polar surface area (TPSA) is 81.7 Å². The van der Waals surface area contributed by atoms with Gasteiger partial charge in [0.05, 0.1) is 12.0 Å². The molecule has 0 aliphatic rings. The summed E-state index contributed by atoms with van der Waals surface area (Å²) in [6, 6.07) is 14.5. The third-order valence-electron chi connectivity index (χ3n) is 4.51. The molecule has 0 saturated carbocycles. The van der Waals surface area contributed by atoms with E-state index in [1.54, 1.807) is 45.2 Å².